The second-order valence-electron chi connectivity index (χ2n) is 6.46. The molecule has 0 bridgehead atoms. The van der Waals surface area contributed by atoms with Crippen LogP contribution in [0.3, 0.4) is 0 Å². The van der Waals surface area contributed by atoms with Crippen LogP contribution in [0, 0.1) is 17.8 Å². The highest BCUT2D eigenvalue weighted by molar-refractivity contribution is 7.88. The molecule has 0 saturated carbocycles. The van der Waals surface area contributed by atoms with Gasteiger partial charge in [-0.2, -0.15) is 8.42 Å². The average molecular weight is 355 g/mol. The summed E-state index contributed by atoms with van der Waals surface area (Å²) in [6, 6.07) is 0. The highest BCUT2D eigenvalue weighted by atomic mass is 32.2. The van der Waals surface area contributed by atoms with E-state index in [1.165, 1.54) is 0 Å². The van der Waals surface area contributed by atoms with Gasteiger partial charge in [-0.3, -0.25) is 14.1 Å². The maximum Gasteiger partial charge on any atom is 0.328 e. The molecule has 8 nitrogen and oxygen atoms in total. The number of carboxylic acid groups (broad SMARTS) is 2. The van der Waals surface area contributed by atoms with Crippen molar-refractivity contribution in [3.63, 3.8) is 0 Å². The van der Waals surface area contributed by atoms with E-state index in [1.54, 1.807) is 13.8 Å². The van der Waals surface area contributed by atoms with Gasteiger partial charge in [0.1, 0.15) is 0 Å². The Labute approximate surface area is 137 Å². The fourth-order valence-corrected chi connectivity index (χ4v) is 3.58. The highest BCUT2D eigenvalue weighted by Crippen LogP contribution is 2.37. The Morgan fingerprint density at radius 1 is 0.957 bits per heavy atom. The molecule has 0 aliphatic rings. The van der Waals surface area contributed by atoms with Crippen LogP contribution >= 0.6 is 0 Å². The predicted octanol–water partition coefficient (Wildman–Crippen LogP) is 2.43. The van der Waals surface area contributed by atoms with Crippen molar-refractivity contribution in [2.75, 3.05) is 0 Å². The maximum atomic E-state index is 11.8. The van der Waals surface area contributed by atoms with Crippen LogP contribution < -0.4 is 6.15 Å². The Kier molecular flexibility index (Phi) is 9.62. The van der Waals surface area contributed by atoms with Crippen molar-refractivity contribution in [3.05, 3.63) is 0 Å². The summed E-state index contributed by atoms with van der Waals surface area (Å²) >= 11 is 0. The zero-order valence-corrected chi connectivity index (χ0v) is 15.0. The minimum atomic E-state index is -5.09. The van der Waals surface area contributed by atoms with Gasteiger partial charge in [-0.05, 0) is 31.1 Å². The van der Waals surface area contributed by atoms with E-state index < -0.39 is 39.1 Å². The summed E-state index contributed by atoms with van der Waals surface area (Å²) in [5, 5.41) is 18.8. The van der Waals surface area contributed by atoms with Gasteiger partial charge in [0.15, 0.2) is 0 Å². The first kappa shape index (κ1) is 24.1. The molecule has 0 radical (unpaired) electrons. The summed E-state index contributed by atoms with van der Waals surface area (Å²) in [6.45, 7) is 7.17. The van der Waals surface area contributed by atoms with Crippen molar-refractivity contribution >= 4 is 22.1 Å². The quantitative estimate of drug-likeness (QED) is 0.434. The maximum absolute atomic E-state index is 11.8. The van der Waals surface area contributed by atoms with Gasteiger partial charge in [-0.15, -0.1) is 0 Å². The largest absolute Gasteiger partial charge is 0.481 e. The average Bonchev–Trinajstić information content (AvgIpc) is 2.29. The van der Waals surface area contributed by atoms with Crippen LogP contribution in [-0.2, 0) is 19.7 Å². The number of hydrogen-bond acceptors (Lipinski definition) is 5. The molecule has 0 aliphatic carbocycles. The summed E-state index contributed by atoms with van der Waals surface area (Å²) < 4.78 is 30.4. The number of hydrogen-bond donors (Lipinski definition) is 4. The molecule has 0 rings (SSSR count). The van der Waals surface area contributed by atoms with Crippen LogP contribution in [-0.4, -0.2) is 39.9 Å². The molecule has 0 aromatic carbocycles. The number of carbonyl (C=O) groups is 2. The van der Waals surface area contributed by atoms with Crippen molar-refractivity contribution in [2.24, 2.45) is 17.8 Å². The molecule has 0 spiro atoms. The molecule has 138 valence electrons. The second-order valence-corrected chi connectivity index (χ2v) is 8.14. The Hall–Kier alpha value is -1.19. The normalized spacial score (nSPS) is 15.8. The lowest BCUT2D eigenvalue weighted by Gasteiger charge is -2.32. The molecule has 0 aromatic heterocycles. The van der Waals surface area contributed by atoms with Crippen LogP contribution in [0.2, 0.25) is 0 Å². The molecule has 0 aromatic rings. The zero-order valence-electron chi connectivity index (χ0n) is 14.2. The number of aliphatic carboxylic acids is 2. The van der Waals surface area contributed by atoms with Crippen LogP contribution in [0.4, 0.5) is 0 Å². The van der Waals surface area contributed by atoms with E-state index in [0.29, 0.717) is 6.42 Å². The van der Waals surface area contributed by atoms with Crippen LogP contribution in [0.15, 0.2) is 0 Å². The molecule has 6 N–H and O–H groups in total. The van der Waals surface area contributed by atoms with E-state index in [1.807, 2.05) is 13.8 Å². The predicted molar refractivity (Wildman–Crippen MR) is 86.2 cm³/mol. The lowest BCUT2D eigenvalue weighted by molar-refractivity contribution is -0.152. The zero-order chi connectivity index (χ0) is 17.7. The third kappa shape index (κ3) is 6.08. The van der Waals surface area contributed by atoms with Crippen molar-refractivity contribution < 1.29 is 32.8 Å². The number of rotatable bonds is 10. The van der Waals surface area contributed by atoms with Crippen molar-refractivity contribution in [3.8, 4) is 0 Å². The van der Waals surface area contributed by atoms with Gasteiger partial charge < -0.3 is 16.4 Å². The third-order valence-corrected chi connectivity index (χ3v) is 5.39. The highest BCUT2D eigenvalue weighted by Gasteiger charge is 2.58. The molecular weight excluding hydrogens is 326 g/mol. The Balaban J connectivity index is 0. The van der Waals surface area contributed by atoms with Crippen molar-refractivity contribution in [2.45, 2.75) is 58.1 Å². The minimum absolute atomic E-state index is 0. The minimum Gasteiger partial charge on any atom is -0.481 e. The molecule has 0 heterocycles. The van der Waals surface area contributed by atoms with Crippen LogP contribution in [0.25, 0.3) is 0 Å². The molecule has 0 saturated heterocycles. The SMILES string of the molecule is CC(C)CCC(C(=O)O)C(CCC(C)C)(C(=O)O)S(=O)(=O)O.N. The smallest absolute Gasteiger partial charge is 0.328 e. The van der Waals surface area contributed by atoms with Crippen LogP contribution in [0.5, 0.6) is 0 Å². The summed E-state index contributed by atoms with van der Waals surface area (Å²) in [4.78, 5) is 23.2. The summed E-state index contributed by atoms with van der Waals surface area (Å²) in [5.41, 5.74) is 0. The fraction of sp³-hybridized carbons (Fsp3) is 0.857. The van der Waals surface area contributed by atoms with E-state index in [4.69, 9.17) is 0 Å². The van der Waals surface area contributed by atoms with Gasteiger partial charge in [-0.1, -0.05) is 34.1 Å². The van der Waals surface area contributed by atoms with E-state index in [9.17, 15) is 32.8 Å². The van der Waals surface area contributed by atoms with Crippen molar-refractivity contribution in [1.29, 1.82) is 0 Å². The topological polar surface area (TPSA) is 164 Å². The molecule has 2 unspecified atom stereocenters. The van der Waals surface area contributed by atoms with E-state index >= 15 is 0 Å². The Bertz CT molecular complexity index is 501. The molecule has 0 amide bonds. The van der Waals surface area contributed by atoms with Gasteiger partial charge in [0.25, 0.3) is 10.1 Å². The van der Waals surface area contributed by atoms with Gasteiger partial charge in [0.05, 0.1) is 5.92 Å². The van der Waals surface area contributed by atoms with Gasteiger partial charge in [0, 0.05) is 0 Å². The first-order valence-electron chi connectivity index (χ1n) is 7.29. The summed E-state index contributed by atoms with van der Waals surface area (Å²) in [7, 11) is -5.09. The molecule has 9 heteroatoms. The number of carboxylic acids is 2. The third-order valence-electron chi connectivity index (χ3n) is 3.81. The molecule has 0 aliphatic heterocycles. The molecule has 23 heavy (non-hydrogen) atoms. The lowest BCUT2D eigenvalue weighted by Crippen LogP contribution is -2.55. The van der Waals surface area contributed by atoms with E-state index in [2.05, 4.69) is 0 Å². The Morgan fingerprint density at radius 2 is 1.39 bits per heavy atom. The standard InChI is InChI=1S/C14H26O7S.H3N/c1-9(2)5-6-11(12(15)16)14(13(17)18,22(19,20)21)8-7-10(3)4;/h9-11H,5-8H2,1-4H3,(H,15,16)(H,17,18)(H,19,20,21);1H3. The Morgan fingerprint density at radius 3 is 1.65 bits per heavy atom. The second kappa shape index (κ2) is 9.19. The van der Waals surface area contributed by atoms with Gasteiger partial charge in [-0.25, -0.2) is 0 Å². The van der Waals surface area contributed by atoms with Crippen molar-refractivity contribution in [1.82, 2.24) is 6.15 Å². The van der Waals surface area contributed by atoms with Gasteiger partial charge >= 0.3 is 11.9 Å². The van der Waals surface area contributed by atoms with E-state index in [0.717, 1.165) is 0 Å². The van der Waals surface area contributed by atoms with Gasteiger partial charge in [0.2, 0.25) is 4.75 Å². The monoisotopic (exact) mass is 355 g/mol. The van der Waals surface area contributed by atoms with Crippen LogP contribution in [0.1, 0.15) is 53.4 Å². The fourth-order valence-electron chi connectivity index (χ4n) is 2.41. The molecule has 0 fully saturated rings. The van der Waals surface area contributed by atoms with E-state index in [-0.39, 0.29) is 30.8 Å². The first-order chi connectivity index (χ1) is 9.86. The summed E-state index contributed by atoms with van der Waals surface area (Å²) in [5.74, 6) is -4.97. The lowest BCUT2D eigenvalue weighted by atomic mass is 9.81. The molecule has 2 atom stereocenters. The summed E-state index contributed by atoms with van der Waals surface area (Å²) in [6.07, 6.45) is -0.0359. The first-order valence-corrected chi connectivity index (χ1v) is 8.73. The molecular formula is C14H29NO7S.